The second kappa shape index (κ2) is 9.53. The summed E-state index contributed by atoms with van der Waals surface area (Å²) >= 11 is 0. The van der Waals surface area contributed by atoms with Gasteiger partial charge in [-0.1, -0.05) is 19.1 Å². The molecule has 38 heavy (non-hydrogen) atoms. The second-order valence-corrected chi connectivity index (χ2v) is 10.2. The van der Waals surface area contributed by atoms with E-state index in [0.717, 1.165) is 22.7 Å². The molecule has 9 nitrogen and oxygen atoms in total. The van der Waals surface area contributed by atoms with Crippen LogP contribution < -0.4 is 10.4 Å². The first-order valence-electron chi connectivity index (χ1n) is 10.7. The number of nitriles is 1. The Morgan fingerprint density at radius 3 is 2.34 bits per heavy atom. The van der Waals surface area contributed by atoms with Crippen molar-refractivity contribution in [2.45, 2.75) is 23.9 Å². The Hall–Kier alpha value is -4.32. The van der Waals surface area contributed by atoms with Gasteiger partial charge in [-0.05, 0) is 29.8 Å². The lowest BCUT2D eigenvalue weighted by molar-refractivity contribution is -0.290. The van der Waals surface area contributed by atoms with E-state index in [0.29, 0.717) is 21.4 Å². The molecule has 0 aliphatic heterocycles. The molecule has 3 heterocycles. The fourth-order valence-electron chi connectivity index (χ4n) is 3.31. The van der Waals surface area contributed by atoms with Crippen LogP contribution in [-0.2, 0) is 9.84 Å². The molecule has 0 radical (unpaired) electrons. The Kier molecular flexibility index (Phi) is 6.70. The van der Waals surface area contributed by atoms with E-state index in [1.54, 1.807) is 12.1 Å². The minimum Gasteiger partial charge on any atom is -0.487 e. The van der Waals surface area contributed by atoms with Gasteiger partial charge < -0.3 is 4.74 Å². The molecule has 15 heteroatoms. The topological polar surface area (TPSA) is 119 Å². The molecule has 198 valence electrons. The Labute approximate surface area is 211 Å². The number of rotatable bonds is 7. The summed E-state index contributed by atoms with van der Waals surface area (Å²) in [7, 11) is -3.96. The van der Waals surface area contributed by atoms with Gasteiger partial charge in [-0.3, -0.25) is 0 Å². The number of alkyl halides is 5. The maximum atomic E-state index is 13.2. The number of sulfone groups is 1. The van der Waals surface area contributed by atoms with Crippen molar-refractivity contribution in [3.05, 3.63) is 70.9 Å². The summed E-state index contributed by atoms with van der Waals surface area (Å²) in [6.07, 6.45) is -3.48. The highest BCUT2D eigenvalue weighted by Gasteiger charge is 2.58. The third-order valence-corrected chi connectivity index (χ3v) is 7.16. The molecule has 0 N–H and O–H groups in total. The maximum Gasteiger partial charge on any atom is 0.456 e. The summed E-state index contributed by atoms with van der Waals surface area (Å²) in [6.45, 7) is -0.602. The number of halogens is 5. The average molecular weight is 553 g/mol. The zero-order valence-corrected chi connectivity index (χ0v) is 20.1. The number of aromatic nitrogens is 4. The number of hydrogen-bond acceptors (Lipinski definition) is 7. The van der Waals surface area contributed by atoms with E-state index in [4.69, 9.17) is 5.26 Å². The van der Waals surface area contributed by atoms with E-state index >= 15 is 0 Å². The summed E-state index contributed by atoms with van der Waals surface area (Å²) in [5.74, 6) is -6.22. The lowest BCUT2D eigenvalue weighted by Gasteiger charge is -2.19. The molecular weight excluding hydrogens is 537 g/mol. The monoisotopic (exact) mass is 553 g/mol. The molecule has 3 aromatic heterocycles. The molecule has 0 fully saturated rings. The molecule has 0 aliphatic rings. The lowest BCUT2D eigenvalue weighted by atomic mass is 10.1. The molecule has 0 saturated carbocycles. The Balaban J connectivity index is 1.78. The number of nitrogens with zero attached hydrogens (tertiary/aromatic N) is 5. The van der Waals surface area contributed by atoms with E-state index in [1.165, 1.54) is 31.3 Å². The Bertz CT molecular complexity index is 1720. The van der Waals surface area contributed by atoms with Gasteiger partial charge in [0.05, 0.1) is 17.4 Å². The quantitative estimate of drug-likeness (QED) is 0.320. The highest BCUT2D eigenvalue weighted by molar-refractivity contribution is 7.91. The van der Waals surface area contributed by atoms with Crippen LogP contribution in [0.4, 0.5) is 22.0 Å². The summed E-state index contributed by atoms with van der Waals surface area (Å²) in [5.41, 5.74) is 0.221. The van der Waals surface area contributed by atoms with Crippen LogP contribution in [0.3, 0.4) is 0 Å². The highest BCUT2D eigenvalue weighted by atomic mass is 32.2. The van der Waals surface area contributed by atoms with Crippen LogP contribution in [0.2, 0.25) is 0 Å². The van der Waals surface area contributed by atoms with Gasteiger partial charge in [0.15, 0.2) is 27.9 Å². The number of hydrogen-bond donors (Lipinski definition) is 0. The predicted molar refractivity (Wildman–Crippen MR) is 123 cm³/mol. The normalized spacial score (nSPS) is 12.4. The summed E-state index contributed by atoms with van der Waals surface area (Å²) in [6, 6.07) is 11.5. The first-order chi connectivity index (χ1) is 17.8. The largest absolute Gasteiger partial charge is 0.487 e. The van der Waals surface area contributed by atoms with Gasteiger partial charge in [0.2, 0.25) is 0 Å². The highest BCUT2D eigenvalue weighted by Crippen LogP contribution is 2.35. The summed E-state index contributed by atoms with van der Waals surface area (Å²) in [4.78, 5) is 16.8. The number of pyridine rings is 2. The third-order valence-electron chi connectivity index (χ3n) is 5.43. The van der Waals surface area contributed by atoms with E-state index in [-0.39, 0.29) is 22.1 Å². The molecule has 4 rings (SSSR count). The lowest BCUT2D eigenvalue weighted by Crippen LogP contribution is -2.41. The molecule has 0 saturated heterocycles. The first-order valence-corrected chi connectivity index (χ1v) is 12.3. The van der Waals surface area contributed by atoms with Crippen LogP contribution in [-0.4, -0.2) is 52.0 Å². The number of ether oxygens (including phenoxy) is 1. The molecule has 4 aromatic rings. The van der Waals surface area contributed by atoms with Crippen molar-refractivity contribution < 1.29 is 35.1 Å². The average Bonchev–Trinajstić information content (AvgIpc) is 3.22. The van der Waals surface area contributed by atoms with Crippen LogP contribution in [0.1, 0.15) is 12.5 Å². The summed E-state index contributed by atoms with van der Waals surface area (Å²) in [5, 5.41) is 13.0. The standard InChI is InChI=1S/C23H16F5N5O4S/c1-2-38(35,36)18-9-16(15-5-3-14(11-29)4-6-15)12-30-20(18)33-21(34)32-8-7-17(10-19(32)31-33)37-13-22(24,25)23(26,27)28/h3-10,12H,2,13H2,1H3. The molecule has 1 aromatic carbocycles. The molecule has 0 atom stereocenters. The minimum absolute atomic E-state index is 0.222. The van der Waals surface area contributed by atoms with Gasteiger partial charge in [0.1, 0.15) is 10.6 Å². The first kappa shape index (κ1) is 26.7. The molecule has 0 spiro atoms. The van der Waals surface area contributed by atoms with Crippen LogP contribution >= 0.6 is 0 Å². The van der Waals surface area contributed by atoms with Crippen molar-refractivity contribution in [3.8, 4) is 28.8 Å². The Morgan fingerprint density at radius 1 is 1.05 bits per heavy atom. The van der Waals surface area contributed by atoms with Gasteiger partial charge in [-0.25, -0.2) is 22.6 Å². The van der Waals surface area contributed by atoms with Crippen LogP contribution in [0.25, 0.3) is 22.6 Å². The zero-order chi connectivity index (χ0) is 27.9. The second-order valence-electron chi connectivity index (χ2n) is 7.91. The summed E-state index contributed by atoms with van der Waals surface area (Å²) < 4.78 is 95.6. The molecule has 0 amide bonds. The third kappa shape index (κ3) is 4.94. The van der Waals surface area contributed by atoms with Crippen LogP contribution in [0.5, 0.6) is 5.75 Å². The van der Waals surface area contributed by atoms with E-state index in [2.05, 4.69) is 14.8 Å². The van der Waals surface area contributed by atoms with Crippen LogP contribution in [0, 0.1) is 11.3 Å². The van der Waals surface area contributed by atoms with Crippen molar-refractivity contribution in [2.75, 3.05) is 12.4 Å². The van der Waals surface area contributed by atoms with Crippen molar-refractivity contribution in [3.63, 3.8) is 0 Å². The number of fused-ring (bicyclic) bond motifs is 1. The molecule has 0 unspecified atom stereocenters. The van der Waals surface area contributed by atoms with Crippen molar-refractivity contribution >= 4 is 15.5 Å². The number of benzene rings is 1. The van der Waals surface area contributed by atoms with Crippen molar-refractivity contribution in [1.82, 2.24) is 19.2 Å². The molecule has 0 aliphatic carbocycles. The van der Waals surface area contributed by atoms with Gasteiger partial charge in [-0.15, -0.1) is 5.10 Å². The smallest absolute Gasteiger partial charge is 0.456 e. The Morgan fingerprint density at radius 2 is 1.74 bits per heavy atom. The van der Waals surface area contributed by atoms with Crippen LogP contribution in [0.15, 0.2) is 64.5 Å². The van der Waals surface area contributed by atoms with Gasteiger partial charge in [-0.2, -0.15) is 31.9 Å². The predicted octanol–water partition coefficient (Wildman–Crippen LogP) is 3.79. The van der Waals surface area contributed by atoms with Crippen molar-refractivity contribution in [2.24, 2.45) is 0 Å². The fourth-order valence-corrected chi connectivity index (χ4v) is 4.35. The SMILES string of the molecule is CCS(=O)(=O)c1cc(-c2ccc(C#N)cc2)cnc1-n1nc2cc(OCC(F)(F)C(F)(F)F)ccn2c1=O. The zero-order valence-electron chi connectivity index (χ0n) is 19.3. The molecule has 0 bridgehead atoms. The minimum atomic E-state index is -5.81. The van der Waals surface area contributed by atoms with Gasteiger partial charge in [0, 0.05) is 24.0 Å². The van der Waals surface area contributed by atoms with E-state index in [9.17, 15) is 35.2 Å². The van der Waals surface area contributed by atoms with E-state index in [1.807, 2.05) is 6.07 Å². The van der Waals surface area contributed by atoms with Gasteiger partial charge >= 0.3 is 17.8 Å². The molecular formula is C23H16F5N5O4S. The van der Waals surface area contributed by atoms with Crippen molar-refractivity contribution in [1.29, 1.82) is 5.26 Å². The van der Waals surface area contributed by atoms with E-state index < -0.39 is 40.0 Å². The fraction of sp³-hybridized carbons (Fsp3) is 0.217. The maximum absolute atomic E-state index is 13.2. The van der Waals surface area contributed by atoms with Gasteiger partial charge in [0.25, 0.3) is 0 Å².